The van der Waals surface area contributed by atoms with Crippen LogP contribution in [0.2, 0.25) is 0 Å². The number of imidazole rings is 1. The van der Waals surface area contributed by atoms with Gasteiger partial charge in [0.25, 0.3) is 0 Å². The van der Waals surface area contributed by atoms with Crippen LogP contribution in [0.3, 0.4) is 0 Å². The Morgan fingerprint density at radius 3 is 2.89 bits per heavy atom. The second kappa shape index (κ2) is 5.68. The predicted octanol–water partition coefficient (Wildman–Crippen LogP) is 3.36. The molecule has 3 aromatic rings. The second-order valence-electron chi connectivity index (χ2n) is 4.44. The maximum Gasteiger partial charge on any atom is 0.217 e. The third kappa shape index (κ3) is 2.62. The first kappa shape index (κ1) is 14.0. The molecular weight excluding hydrogens is 418 g/mol. The summed E-state index contributed by atoms with van der Waals surface area (Å²) in [5.41, 5.74) is 3.08. The number of oxazole rings is 1. The van der Waals surface area contributed by atoms with Crippen molar-refractivity contribution in [3.05, 3.63) is 36.2 Å². The van der Waals surface area contributed by atoms with E-state index in [1.165, 1.54) is 11.8 Å². The summed E-state index contributed by atoms with van der Waals surface area (Å²) >= 11 is 0. The van der Waals surface area contributed by atoms with Gasteiger partial charge >= 0.3 is 0 Å². The van der Waals surface area contributed by atoms with E-state index >= 15 is 0 Å². The first-order chi connectivity index (χ1) is 8.78. The molecule has 0 bridgehead atoms. The number of rotatable bonds is 3. The van der Waals surface area contributed by atoms with Crippen LogP contribution >= 0.6 is 0 Å². The maximum atomic E-state index is 5.21. The van der Waals surface area contributed by atoms with Gasteiger partial charge in [0.05, 0.1) is 6.20 Å². The molecule has 101 valence electrons. The molecule has 5 heteroatoms. The molecule has 0 fully saturated rings. The van der Waals surface area contributed by atoms with E-state index in [4.69, 9.17) is 4.42 Å². The summed E-state index contributed by atoms with van der Waals surface area (Å²) in [5.74, 6) is 1.56. The average Bonchev–Trinajstić information content (AvgIpc) is 3.04. The number of fused-ring (bicyclic) bond motifs is 1. The third-order valence-corrected chi connectivity index (χ3v) is 3.26. The van der Waals surface area contributed by atoms with Crippen molar-refractivity contribution in [1.29, 1.82) is 0 Å². The Hall–Kier alpha value is -1.45. The minimum Gasteiger partial charge on any atom is -0.445 e. The van der Waals surface area contributed by atoms with E-state index in [0.717, 1.165) is 17.5 Å². The van der Waals surface area contributed by atoms with E-state index in [2.05, 4.69) is 40.9 Å². The number of aromatic nitrogens is 3. The van der Waals surface area contributed by atoms with Crippen molar-refractivity contribution in [2.24, 2.45) is 0 Å². The molecule has 0 N–H and O–H groups in total. The second-order valence-corrected chi connectivity index (χ2v) is 4.44. The van der Waals surface area contributed by atoms with Crippen molar-refractivity contribution >= 4 is 11.0 Å². The van der Waals surface area contributed by atoms with Gasteiger partial charge in [0, 0.05) is 25.9 Å². The van der Waals surface area contributed by atoms with Gasteiger partial charge in [-0.05, 0) is 28.9 Å². The van der Waals surface area contributed by atoms with Crippen molar-refractivity contribution in [3.8, 4) is 11.7 Å². The van der Waals surface area contributed by atoms with Gasteiger partial charge in [0.1, 0.15) is 6.26 Å². The van der Waals surface area contributed by atoms with Crippen molar-refractivity contribution in [2.75, 3.05) is 0 Å². The molecule has 0 spiro atoms. The monoisotopic (exact) mass is 433 g/mol. The van der Waals surface area contributed by atoms with E-state index in [-0.39, 0.29) is 20.1 Å². The summed E-state index contributed by atoms with van der Waals surface area (Å²) in [6.07, 6.45) is 4.24. The fraction of sp³-hybridized carbons (Fsp3) is 0.286. The number of hydrogen-bond acceptors (Lipinski definition) is 3. The molecule has 1 unspecified atom stereocenters. The number of hydrogen-bond donors (Lipinski definition) is 0. The molecular formula is C14H14IrN3O-. The van der Waals surface area contributed by atoms with Crippen molar-refractivity contribution in [3.63, 3.8) is 0 Å². The summed E-state index contributed by atoms with van der Waals surface area (Å²) in [5, 5.41) is 0. The van der Waals surface area contributed by atoms with Gasteiger partial charge in [-0.15, -0.1) is 0 Å². The smallest absolute Gasteiger partial charge is 0.217 e. The molecule has 19 heavy (non-hydrogen) atoms. The minimum atomic E-state index is 0. The number of nitrogens with zero attached hydrogens (tertiary/aromatic N) is 3. The Bertz CT molecular complexity index is 660. The average molecular weight is 433 g/mol. The molecule has 1 aromatic carbocycles. The topological polar surface area (TPSA) is 53.0 Å². The molecule has 0 aliphatic carbocycles. The van der Waals surface area contributed by atoms with Crippen LogP contribution in [0, 0.1) is 0 Å². The van der Waals surface area contributed by atoms with Gasteiger partial charge in [-0.2, -0.15) is 0 Å². The fourth-order valence-electron chi connectivity index (χ4n) is 1.95. The fourth-order valence-corrected chi connectivity index (χ4v) is 1.95. The van der Waals surface area contributed by atoms with Gasteiger partial charge in [-0.25, -0.2) is 4.98 Å². The SMILES string of the molecule is CCC(C)c1ccc2[n-]c(-c3ncco3)nc2c1.[Ir]. The van der Waals surface area contributed by atoms with Crippen molar-refractivity contribution in [1.82, 2.24) is 15.0 Å². The zero-order valence-corrected chi connectivity index (χ0v) is 13.1. The first-order valence-electron chi connectivity index (χ1n) is 6.12. The minimum absolute atomic E-state index is 0. The summed E-state index contributed by atoms with van der Waals surface area (Å²) in [7, 11) is 0. The van der Waals surface area contributed by atoms with Crippen LogP contribution in [-0.4, -0.2) is 9.97 Å². The summed E-state index contributed by atoms with van der Waals surface area (Å²) < 4.78 is 5.21. The van der Waals surface area contributed by atoms with Crippen LogP contribution in [0.5, 0.6) is 0 Å². The van der Waals surface area contributed by atoms with Crippen LogP contribution in [-0.2, 0) is 20.1 Å². The van der Waals surface area contributed by atoms with Crippen LogP contribution in [0.15, 0.2) is 35.1 Å². The van der Waals surface area contributed by atoms with E-state index in [0.29, 0.717) is 17.6 Å². The standard InChI is InChI=1S/C14H14N3O.Ir/c1-3-9(2)10-4-5-11-12(8-10)17-13(16-11)14-15-6-7-18-14;/h4-9H,3H2,1-2H3;/q-1;. The largest absolute Gasteiger partial charge is 0.445 e. The Balaban J connectivity index is 0.00000133. The molecule has 1 atom stereocenters. The van der Waals surface area contributed by atoms with Gasteiger partial charge in [-0.3, -0.25) is 0 Å². The molecule has 1 radical (unpaired) electrons. The number of benzene rings is 1. The molecule has 0 aliphatic rings. The Morgan fingerprint density at radius 1 is 1.37 bits per heavy atom. The Kier molecular flexibility index (Phi) is 4.17. The molecule has 0 aliphatic heterocycles. The normalized spacial score (nSPS) is 12.3. The Morgan fingerprint density at radius 2 is 2.21 bits per heavy atom. The van der Waals surface area contributed by atoms with Gasteiger partial charge < -0.3 is 14.4 Å². The van der Waals surface area contributed by atoms with Crippen molar-refractivity contribution in [2.45, 2.75) is 26.2 Å². The predicted molar refractivity (Wildman–Crippen MR) is 69.3 cm³/mol. The first-order valence-corrected chi connectivity index (χ1v) is 6.12. The molecule has 2 heterocycles. The Labute approximate surface area is 125 Å². The van der Waals surface area contributed by atoms with Gasteiger partial charge in [-0.1, -0.05) is 32.0 Å². The van der Waals surface area contributed by atoms with Crippen LogP contribution in [0.1, 0.15) is 31.7 Å². The molecule has 0 saturated carbocycles. The van der Waals surface area contributed by atoms with Crippen LogP contribution < -0.4 is 4.98 Å². The molecule has 3 rings (SSSR count). The van der Waals surface area contributed by atoms with E-state index < -0.39 is 0 Å². The molecule has 0 amide bonds. The zero-order chi connectivity index (χ0) is 12.5. The quantitative estimate of drug-likeness (QED) is 0.637. The van der Waals surface area contributed by atoms with Crippen molar-refractivity contribution < 1.29 is 24.5 Å². The summed E-state index contributed by atoms with van der Waals surface area (Å²) in [6.45, 7) is 4.40. The van der Waals surface area contributed by atoms with E-state index in [1.54, 1.807) is 6.20 Å². The van der Waals surface area contributed by atoms with E-state index in [1.807, 2.05) is 6.07 Å². The summed E-state index contributed by atoms with van der Waals surface area (Å²) in [4.78, 5) is 12.9. The van der Waals surface area contributed by atoms with Gasteiger partial charge in [0.2, 0.25) is 5.89 Å². The van der Waals surface area contributed by atoms with Gasteiger partial charge in [0.15, 0.2) is 0 Å². The molecule has 4 nitrogen and oxygen atoms in total. The van der Waals surface area contributed by atoms with E-state index in [9.17, 15) is 0 Å². The zero-order valence-electron chi connectivity index (χ0n) is 10.8. The maximum absolute atomic E-state index is 5.21. The van der Waals surface area contributed by atoms with Crippen LogP contribution in [0.4, 0.5) is 0 Å². The molecule has 0 saturated heterocycles. The van der Waals surface area contributed by atoms with Crippen LogP contribution in [0.25, 0.3) is 22.7 Å². The molecule has 2 aromatic heterocycles. The third-order valence-electron chi connectivity index (χ3n) is 3.26. The summed E-state index contributed by atoms with van der Waals surface area (Å²) in [6, 6.07) is 6.23.